The molecule has 2 aromatic carbocycles. The van der Waals surface area contributed by atoms with Crippen molar-refractivity contribution >= 4 is 28.5 Å². The summed E-state index contributed by atoms with van der Waals surface area (Å²) in [5.41, 5.74) is 1.69. The van der Waals surface area contributed by atoms with Gasteiger partial charge in [-0.05, 0) is 25.1 Å². The third-order valence-corrected chi connectivity index (χ3v) is 4.43. The number of nitrogens with zero attached hydrogens (tertiary/aromatic N) is 3. The molecule has 0 saturated heterocycles. The van der Waals surface area contributed by atoms with Crippen molar-refractivity contribution < 1.29 is 14.2 Å². The second kappa shape index (κ2) is 8.02. The number of aliphatic hydroxyl groups is 1. The van der Waals surface area contributed by atoms with E-state index in [1.165, 1.54) is 18.2 Å². The lowest BCUT2D eigenvalue weighted by molar-refractivity contribution is 0.208. The summed E-state index contributed by atoms with van der Waals surface area (Å²) < 4.78 is 19.1. The SMILES string of the molecule is CC(O)CNc1nc(Oc2cccc(F)c2)nc2[nH]nc(-c3ccccc3Cl)c12. The molecule has 3 N–H and O–H groups in total. The maximum absolute atomic E-state index is 13.5. The van der Waals surface area contributed by atoms with E-state index in [1.54, 1.807) is 19.1 Å². The van der Waals surface area contributed by atoms with E-state index in [0.29, 0.717) is 33.1 Å². The number of benzene rings is 2. The lowest BCUT2D eigenvalue weighted by Crippen LogP contribution is -2.16. The first-order chi connectivity index (χ1) is 14.0. The zero-order valence-electron chi connectivity index (χ0n) is 15.4. The molecule has 7 nitrogen and oxygen atoms in total. The minimum atomic E-state index is -0.608. The average Bonchev–Trinajstić information content (AvgIpc) is 3.10. The quantitative estimate of drug-likeness (QED) is 0.433. The first kappa shape index (κ1) is 19.1. The number of aromatic amines is 1. The van der Waals surface area contributed by atoms with Gasteiger partial charge in [0.25, 0.3) is 0 Å². The maximum atomic E-state index is 13.5. The van der Waals surface area contributed by atoms with Crippen molar-refractivity contribution in [2.24, 2.45) is 0 Å². The normalized spacial score (nSPS) is 12.1. The fourth-order valence-corrected chi connectivity index (χ4v) is 3.04. The Hall–Kier alpha value is -3.23. The first-order valence-corrected chi connectivity index (χ1v) is 9.25. The van der Waals surface area contributed by atoms with E-state index < -0.39 is 11.9 Å². The molecule has 29 heavy (non-hydrogen) atoms. The number of anilines is 1. The zero-order valence-corrected chi connectivity index (χ0v) is 16.1. The molecule has 0 aliphatic carbocycles. The van der Waals surface area contributed by atoms with E-state index in [0.717, 1.165) is 0 Å². The summed E-state index contributed by atoms with van der Waals surface area (Å²) in [4.78, 5) is 8.75. The van der Waals surface area contributed by atoms with E-state index in [9.17, 15) is 9.50 Å². The third kappa shape index (κ3) is 4.13. The van der Waals surface area contributed by atoms with Crippen molar-refractivity contribution in [2.75, 3.05) is 11.9 Å². The summed E-state index contributed by atoms with van der Waals surface area (Å²) in [6.07, 6.45) is -0.608. The van der Waals surface area contributed by atoms with E-state index in [-0.39, 0.29) is 18.3 Å². The maximum Gasteiger partial charge on any atom is 0.326 e. The molecule has 148 valence electrons. The Balaban J connectivity index is 1.81. The van der Waals surface area contributed by atoms with Gasteiger partial charge in [-0.25, -0.2) is 4.39 Å². The summed E-state index contributed by atoms with van der Waals surface area (Å²) in [7, 11) is 0. The average molecular weight is 414 g/mol. The largest absolute Gasteiger partial charge is 0.424 e. The summed E-state index contributed by atoms with van der Waals surface area (Å²) in [6.45, 7) is 1.90. The Morgan fingerprint density at radius 2 is 2.03 bits per heavy atom. The van der Waals surface area contributed by atoms with Crippen LogP contribution in [0, 0.1) is 5.82 Å². The number of hydrogen-bond acceptors (Lipinski definition) is 6. The third-order valence-electron chi connectivity index (χ3n) is 4.10. The number of ether oxygens (including phenoxy) is 1. The molecule has 0 spiro atoms. The molecule has 0 radical (unpaired) electrons. The number of H-pyrrole nitrogens is 1. The van der Waals surface area contributed by atoms with Crippen LogP contribution in [0.5, 0.6) is 11.8 Å². The van der Waals surface area contributed by atoms with Crippen LogP contribution in [-0.2, 0) is 0 Å². The molecule has 2 heterocycles. The molecule has 1 atom stereocenters. The van der Waals surface area contributed by atoms with Crippen molar-refractivity contribution in [1.82, 2.24) is 20.2 Å². The van der Waals surface area contributed by atoms with Crippen LogP contribution in [-0.4, -0.2) is 37.9 Å². The second-order valence-corrected chi connectivity index (χ2v) is 6.83. The van der Waals surface area contributed by atoms with Crippen LogP contribution in [0.15, 0.2) is 48.5 Å². The molecule has 1 unspecified atom stereocenters. The van der Waals surface area contributed by atoms with Crippen LogP contribution in [0.4, 0.5) is 10.2 Å². The van der Waals surface area contributed by atoms with Crippen LogP contribution in [0.3, 0.4) is 0 Å². The number of aliphatic hydroxyl groups excluding tert-OH is 1. The van der Waals surface area contributed by atoms with E-state index in [2.05, 4.69) is 25.5 Å². The Morgan fingerprint density at radius 3 is 2.79 bits per heavy atom. The summed E-state index contributed by atoms with van der Waals surface area (Å²) in [5.74, 6) is 0.237. The summed E-state index contributed by atoms with van der Waals surface area (Å²) >= 11 is 6.33. The number of halogens is 2. The topological polar surface area (TPSA) is 96.0 Å². The number of aromatic nitrogens is 4. The van der Waals surface area contributed by atoms with Gasteiger partial charge in [-0.2, -0.15) is 15.1 Å². The molecule has 0 fully saturated rings. The summed E-state index contributed by atoms with van der Waals surface area (Å²) in [6, 6.07) is 13.0. The number of hydrogen-bond donors (Lipinski definition) is 3. The van der Waals surface area contributed by atoms with Gasteiger partial charge in [0.2, 0.25) is 0 Å². The Morgan fingerprint density at radius 1 is 1.21 bits per heavy atom. The zero-order chi connectivity index (χ0) is 20.4. The van der Waals surface area contributed by atoms with Gasteiger partial charge < -0.3 is 15.2 Å². The Bertz CT molecular complexity index is 1160. The smallest absolute Gasteiger partial charge is 0.326 e. The van der Waals surface area contributed by atoms with Gasteiger partial charge in [0, 0.05) is 18.2 Å². The predicted octanol–water partition coefficient (Wildman–Crippen LogP) is 4.40. The van der Waals surface area contributed by atoms with Crippen molar-refractivity contribution in [3.63, 3.8) is 0 Å². The number of fused-ring (bicyclic) bond motifs is 1. The van der Waals surface area contributed by atoms with Crippen LogP contribution >= 0.6 is 11.6 Å². The van der Waals surface area contributed by atoms with Crippen molar-refractivity contribution in [3.8, 4) is 23.0 Å². The van der Waals surface area contributed by atoms with Gasteiger partial charge in [-0.1, -0.05) is 35.9 Å². The highest BCUT2D eigenvalue weighted by molar-refractivity contribution is 6.33. The standard InChI is InChI=1S/C20H17ClFN5O2/c1-11(28)10-23-18-16-17(14-7-2-3-8-15(14)21)26-27-19(16)25-20(24-18)29-13-6-4-5-12(22)9-13/h2-9,11,28H,10H2,1H3,(H2,23,24,25,26,27). The fourth-order valence-electron chi connectivity index (χ4n) is 2.81. The first-order valence-electron chi connectivity index (χ1n) is 8.87. The molecular weight excluding hydrogens is 397 g/mol. The van der Waals surface area contributed by atoms with E-state index >= 15 is 0 Å². The lowest BCUT2D eigenvalue weighted by atomic mass is 10.1. The Labute approximate surface area is 170 Å². The van der Waals surface area contributed by atoms with E-state index in [1.807, 2.05) is 18.2 Å². The van der Waals surface area contributed by atoms with Gasteiger partial charge in [-0.3, -0.25) is 5.10 Å². The van der Waals surface area contributed by atoms with Gasteiger partial charge in [0.1, 0.15) is 23.1 Å². The second-order valence-electron chi connectivity index (χ2n) is 6.42. The van der Waals surface area contributed by atoms with Crippen molar-refractivity contribution in [2.45, 2.75) is 13.0 Å². The van der Waals surface area contributed by atoms with Crippen LogP contribution in [0.2, 0.25) is 5.02 Å². The lowest BCUT2D eigenvalue weighted by Gasteiger charge is -2.11. The minimum Gasteiger partial charge on any atom is -0.424 e. The highest BCUT2D eigenvalue weighted by Gasteiger charge is 2.19. The van der Waals surface area contributed by atoms with Gasteiger partial charge in [0.15, 0.2) is 5.65 Å². The Kier molecular flexibility index (Phi) is 5.28. The summed E-state index contributed by atoms with van der Waals surface area (Å²) in [5, 5.41) is 21.1. The minimum absolute atomic E-state index is 0.00514. The van der Waals surface area contributed by atoms with Crippen molar-refractivity contribution in [1.29, 1.82) is 0 Å². The highest BCUT2D eigenvalue weighted by Crippen LogP contribution is 2.35. The van der Waals surface area contributed by atoms with Crippen molar-refractivity contribution in [3.05, 3.63) is 59.4 Å². The fraction of sp³-hybridized carbons (Fsp3) is 0.150. The van der Waals surface area contributed by atoms with E-state index in [4.69, 9.17) is 16.3 Å². The molecule has 4 rings (SSSR count). The highest BCUT2D eigenvalue weighted by atomic mass is 35.5. The molecule has 4 aromatic rings. The van der Waals surface area contributed by atoms with Gasteiger partial charge in [0.05, 0.1) is 16.5 Å². The molecule has 2 aromatic heterocycles. The number of nitrogens with one attached hydrogen (secondary N) is 2. The van der Waals surface area contributed by atoms with Crippen LogP contribution in [0.25, 0.3) is 22.3 Å². The molecule has 0 aliphatic rings. The molecule has 0 amide bonds. The predicted molar refractivity (Wildman–Crippen MR) is 109 cm³/mol. The molecule has 0 aliphatic heterocycles. The van der Waals surface area contributed by atoms with Crippen LogP contribution in [0.1, 0.15) is 6.92 Å². The molecular formula is C20H17ClFN5O2. The molecule has 0 bridgehead atoms. The van der Waals surface area contributed by atoms with Gasteiger partial charge >= 0.3 is 6.01 Å². The molecule has 0 saturated carbocycles. The number of rotatable bonds is 6. The van der Waals surface area contributed by atoms with Gasteiger partial charge in [-0.15, -0.1) is 0 Å². The molecule has 9 heteroatoms. The van der Waals surface area contributed by atoms with Crippen LogP contribution < -0.4 is 10.1 Å². The monoisotopic (exact) mass is 413 g/mol.